The van der Waals surface area contributed by atoms with Crippen LogP contribution in [-0.2, 0) is 14.3 Å². The molecule has 0 radical (unpaired) electrons. The van der Waals surface area contributed by atoms with Crippen LogP contribution in [-0.4, -0.2) is 66.4 Å². The fourth-order valence-electron chi connectivity index (χ4n) is 1.04. The van der Waals surface area contributed by atoms with Crippen molar-refractivity contribution < 1.29 is 24.5 Å². The highest BCUT2D eigenvalue weighted by molar-refractivity contribution is 5.72. The van der Waals surface area contributed by atoms with E-state index in [9.17, 15) is 9.59 Å². The highest BCUT2D eigenvalue weighted by Crippen LogP contribution is 1.89. The van der Waals surface area contributed by atoms with E-state index in [4.69, 9.17) is 20.5 Å². The minimum atomic E-state index is -1.10. The van der Waals surface area contributed by atoms with Gasteiger partial charge in [0.1, 0.15) is 0 Å². The van der Waals surface area contributed by atoms with Crippen molar-refractivity contribution >= 4 is 11.9 Å². The second kappa shape index (κ2) is 9.40. The lowest BCUT2D eigenvalue weighted by molar-refractivity contribution is -0.142. The van der Waals surface area contributed by atoms with Crippen molar-refractivity contribution in [3.8, 4) is 0 Å². The van der Waals surface area contributed by atoms with Crippen LogP contribution in [0.3, 0.4) is 0 Å². The van der Waals surface area contributed by atoms with Crippen LogP contribution in [0.5, 0.6) is 0 Å². The zero-order valence-corrected chi connectivity index (χ0v) is 9.15. The van der Waals surface area contributed by atoms with E-state index in [-0.39, 0.29) is 39.4 Å². The predicted molar refractivity (Wildman–Crippen MR) is 56.5 cm³/mol. The van der Waals surface area contributed by atoms with E-state index in [1.165, 1.54) is 4.90 Å². The largest absolute Gasteiger partial charge is 0.480 e. The molecule has 0 heterocycles. The Hall–Kier alpha value is -1.83. The zero-order chi connectivity index (χ0) is 13.1. The van der Waals surface area contributed by atoms with Gasteiger partial charge in [-0.15, -0.1) is 0 Å². The van der Waals surface area contributed by atoms with Crippen molar-refractivity contribution in [1.82, 2.24) is 4.90 Å². The van der Waals surface area contributed by atoms with E-state index < -0.39 is 11.9 Å². The molecule has 0 fully saturated rings. The number of aliphatic carboxylic acids is 2. The third-order valence-corrected chi connectivity index (χ3v) is 1.67. The maximum absolute atomic E-state index is 10.4. The van der Waals surface area contributed by atoms with Crippen LogP contribution in [0.1, 0.15) is 0 Å². The summed E-state index contributed by atoms with van der Waals surface area (Å²) in [6.45, 7) is 0.0702. The molecule has 0 aliphatic heterocycles. The first kappa shape index (κ1) is 15.2. The number of rotatable bonds is 10. The van der Waals surface area contributed by atoms with Crippen molar-refractivity contribution in [2.75, 3.05) is 39.4 Å². The van der Waals surface area contributed by atoms with Crippen LogP contribution in [0, 0.1) is 0 Å². The van der Waals surface area contributed by atoms with Gasteiger partial charge in [-0.05, 0) is 5.53 Å². The number of carbonyl (C=O) groups is 2. The fraction of sp³-hybridized carbons (Fsp3) is 0.750. The summed E-state index contributed by atoms with van der Waals surface area (Å²) in [5.74, 6) is -2.19. The van der Waals surface area contributed by atoms with Gasteiger partial charge < -0.3 is 14.9 Å². The lowest BCUT2D eigenvalue weighted by Gasteiger charge is -2.17. The molecule has 9 nitrogen and oxygen atoms in total. The summed E-state index contributed by atoms with van der Waals surface area (Å²) in [5.41, 5.74) is 7.97. The molecule has 96 valence electrons. The maximum atomic E-state index is 10.4. The number of hydrogen-bond acceptors (Lipinski definition) is 5. The molecule has 0 bridgehead atoms. The molecular weight excluding hydrogens is 232 g/mol. The highest BCUT2D eigenvalue weighted by Gasteiger charge is 2.12. The molecule has 9 heteroatoms. The van der Waals surface area contributed by atoms with Gasteiger partial charge in [-0.2, -0.15) is 0 Å². The van der Waals surface area contributed by atoms with Crippen molar-refractivity contribution in [2.24, 2.45) is 5.11 Å². The SMILES string of the molecule is [N-]=[N+]=NCCOCCN(CC(=O)O)CC(=O)O. The molecule has 0 unspecified atom stereocenters. The topological polar surface area (TPSA) is 136 Å². The van der Waals surface area contributed by atoms with E-state index in [2.05, 4.69) is 10.0 Å². The number of hydrogen-bond donors (Lipinski definition) is 2. The van der Waals surface area contributed by atoms with Gasteiger partial charge >= 0.3 is 11.9 Å². The Bertz CT molecular complexity index is 286. The van der Waals surface area contributed by atoms with Crippen LogP contribution >= 0.6 is 0 Å². The molecular formula is C8H14N4O5. The first-order chi connectivity index (χ1) is 8.06. The third kappa shape index (κ3) is 10.5. The van der Waals surface area contributed by atoms with Crippen LogP contribution in [0.2, 0.25) is 0 Å². The first-order valence-electron chi connectivity index (χ1n) is 4.80. The van der Waals surface area contributed by atoms with Gasteiger partial charge in [-0.25, -0.2) is 0 Å². The number of azide groups is 1. The maximum Gasteiger partial charge on any atom is 0.317 e. The first-order valence-corrected chi connectivity index (χ1v) is 4.80. The standard InChI is InChI=1S/C8H14N4O5/c9-11-10-1-3-17-4-2-12(5-7(13)14)6-8(15)16/h1-6H2,(H,13,14)(H,15,16). The lowest BCUT2D eigenvalue weighted by Crippen LogP contribution is -2.36. The number of ether oxygens (including phenoxy) is 1. The van der Waals surface area contributed by atoms with E-state index in [0.717, 1.165) is 0 Å². The van der Waals surface area contributed by atoms with E-state index in [0.29, 0.717) is 0 Å². The summed E-state index contributed by atoms with van der Waals surface area (Å²) in [4.78, 5) is 24.6. The van der Waals surface area contributed by atoms with E-state index >= 15 is 0 Å². The Morgan fingerprint density at radius 1 is 1.24 bits per heavy atom. The highest BCUT2D eigenvalue weighted by atomic mass is 16.5. The average Bonchev–Trinajstić information content (AvgIpc) is 2.21. The second-order valence-corrected chi connectivity index (χ2v) is 3.06. The van der Waals surface area contributed by atoms with Gasteiger partial charge in [0.15, 0.2) is 0 Å². The van der Waals surface area contributed by atoms with Gasteiger partial charge in [0.25, 0.3) is 0 Å². The van der Waals surface area contributed by atoms with Crippen LogP contribution < -0.4 is 0 Å². The Balaban J connectivity index is 3.78. The predicted octanol–water partition coefficient (Wildman–Crippen LogP) is -0.216. The molecule has 0 saturated heterocycles. The van der Waals surface area contributed by atoms with Gasteiger partial charge in [0.2, 0.25) is 0 Å². The Kier molecular flexibility index (Phi) is 8.39. The van der Waals surface area contributed by atoms with E-state index in [1.807, 2.05) is 0 Å². The molecule has 0 atom stereocenters. The summed E-state index contributed by atoms with van der Waals surface area (Å²) in [5, 5.41) is 20.3. The summed E-state index contributed by atoms with van der Waals surface area (Å²) in [7, 11) is 0. The van der Waals surface area contributed by atoms with Crippen molar-refractivity contribution in [3.63, 3.8) is 0 Å². The normalized spacial score (nSPS) is 9.94. The lowest BCUT2D eigenvalue weighted by atomic mass is 10.4. The molecule has 0 aromatic carbocycles. The molecule has 0 amide bonds. The summed E-state index contributed by atoms with van der Waals surface area (Å²) in [6.07, 6.45) is 0. The molecule has 17 heavy (non-hydrogen) atoms. The molecule has 2 N–H and O–H groups in total. The van der Waals surface area contributed by atoms with Gasteiger partial charge in [-0.3, -0.25) is 14.5 Å². The Morgan fingerprint density at radius 2 is 1.82 bits per heavy atom. The molecule has 0 aliphatic carbocycles. The number of carboxylic acids is 2. The second-order valence-electron chi connectivity index (χ2n) is 3.06. The fourth-order valence-corrected chi connectivity index (χ4v) is 1.04. The van der Waals surface area contributed by atoms with Gasteiger partial charge in [-0.1, -0.05) is 5.11 Å². The molecule has 0 rings (SSSR count). The number of carboxylic acid groups (broad SMARTS) is 2. The summed E-state index contributed by atoms with van der Waals surface area (Å²) >= 11 is 0. The van der Waals surface area contributed by atoms with Crippen molar-refractivity contribution in [2.45, 2.75) is 0 Å². The van der Waals surface area contributed by atoms with Crippen LogP contribution in [0.4, 0.5) is 0 Å². The van der Waals surface area contributed by atoms with Gasteiger partial charge in [0.05, 0.1) is 26.3 Å². The average molecular weight is 246 g/mol. The molecule has 0 saturated carbocycles. The minimum absolute atomic E-state index is 0.182. The van der Waals surface area contributed by atoms with Crippen LogP contribution in [0.25, 0.3) is 10.4 Å². The smallest absolute Gasteiger partial charge is 0.317 e. The van der Waals surface area contributed by atoms with Crippen molar-refractivity contribution in [3.05, 3.63) is 10.4 Å². The van der Waals surface area contributed by atoms with Crippen LogP contribution in [0.15, 0.2) is 5.11 Å². The van der Waals surface area contributed by atoms with Gasteiger partial charge in [0, 0.05) is 18.0 Å². The Labute approximate surface area is 97.2 Å². The Morgan fingerprint density at radius 3 is 2.29 bits per heavy atom. The molecule has 0 aliphatic rings. The molecule has 0 spiro atoms. The molecule has 0 aromatic rings. The third-order valence-electron chi connectivity index (χ3n) is 1.67. The minimum Gasteiger partial charge on any atom is -0.480 e. The summed E-state index contributed by atoms with van der Waals surface area (Å²) < 4.78 is 5.04. The van der Waals surface area contributed by atoms with Crippen molar-refractivity contribution in [1.29, 1.82) is 0 Å². The molecule has 0 aromatic heterocycles. The summed E-state index contributed by atoms with van der Waals surface area (Å²) in [6, 6.07) is 0. The number of nitrogens with zero attached hydrogens (tertiary/aromatic N) is 4. The van der Waals surface area contributed by atoms with E-state index in [1.54, 1.807) is 0 Å². The quantitative estimate of drug-likeness (QED) is 0.237. The monoisotopic (exact) mass is 246 g/mol. The zero-order valence-electron chi connectivity index (χ0n) is 9.15.